The lowest BCUT2D eigenvalue weighted by molar-refractivity contribution is -0.258. The Balaban J connectivity index is 0.00000320. The maximum atomic E-state index is 13.2. The summed E-state index contributed by atoms with van der Waals surface area (Å²) in [7, 11) is -4.13. The lowest BCUT2D eigenvalue weighted by Gasteiger charge is -2.38. The first-order valence-corrected chi connectivity index (χ1v) is 10.3. The molecule has 1 heterocycles. The Labute approximate surface area is 178 Å². The van der Waals surface area contributed by atoms with E-state index in [0.717, 1.165) is 34.6 Å². The summed E-state index contributed by atoms with van der Waals surface area (Å²) in [5.41, 5.74) is 2.84. The molecule has 3 rings (SSSR count). The Bertz CT molecular complexity index is 1010. The molecule has 2 aromatic rings. The van der Waals surface area contributed by atoms with Gasteiger partial charge in [-0.3, -0.25) is 4.31 Å². The summed E-state index contributed by atoms with van der Waals surface area (Å²) in [6, 6.07) is 7.13. The summed E-state index contributed by atoms with van der Waals surface area (Å²) in [4.78, 5) is -0.156. The molecular formula is C19H21ClF4N2O3S. The number of alkyl halides is 3. The van der Waals surface area contributed by atoms with Gasteiger partial charge in [0.05, 0.1) is 16.6 Å². The standard InChI is InChI=1S/C19H20F4N2O3S.ClH/c1-18(26,19(21,22)23)13-3-9-17-12(10-13)2-6-15(11-24)25(17)29(27,28)16-7-4-14(20)5-8-16;/h3-5,7-10,15,26H,2,6,11,24H2,1H3;1H/t15-,18?;/m0./s1. The summed E-state index contributed by atoms with van der Waals surface area (Å²) in [5, 5.41) is 9.94. The zero-order valence-corrected chi connectivity index (χ0v) is 17.5. The zero-order valence-electron chi connectivity index (χ0n) is 15.9. The number of fused-ring (bicyclic) bond motifs is 1. The number of aryl methyl sites for hydroxylation is 1. The number of nitrogens with two attached hydrogens (primary N) is 1. The van der Waals surface area contributed by atoms with Crippen LogP contribution in [0.3, 0.4) is 0 Å². The first-order valence-electron chi connectivity index (χ1n) is 8.82. The SMILES string of the molecule is CC(O)(c1ccc2c(c1)CC[C@@H](CN)N2S(=O)(=O)c1ccc(F)cc1)C(F)(F)F.Cl. The molecule has 0 saturated heterocycles. The van der Waals surface area contributed by atoms with Gasteiger partial charge in [0.1, 0.15) is 5.82 Å². The van der Waals surface area contributed by atoms with Crippen molar-refractivity contribution in [2.75, 3.05) is 10.8 Å². The average molecular weight is 469 g/mol. The van der Waals surface area contributed by atoms with E-state index in [1.807, 2.05) is 0 Å². The minimum Gasteiger partial charge on any atom is -0.376 e. The Morgan fingerprint density at radius 2 is 1.77 bits per heavy atom. The van der Waals surface area contributed by atoms with E-state index >= 15 is 0 Å². The van der Waals surface area contributed by atoms with E-state index in [2.05, 4.69) is 0 Å². The zero-order chi connectivity index (χ0) is 21.6. The summed E-state index contributed by atoms with van der Waals surface area (Å²) in [5.74, 6) is -0.600. The Morgan fingerprint density at radius 1 is 1.17 bits per heavy atom. The molecule has 2 aromatic carbocycles. The third kappa shape index (κ3) is 4.14. The van der Waals surface area contributed by atoms with Crippen molar-refractivity contribution in [2.45, 2.75) is 42.5 Å². The first-order chi connectivity index (χ1) is 13.4. The van der Waals surface area contributed by atoms with Crippen LogP contribution in [0, 0.1) is 5.82 Å². The van der Waals surface area contributed by atoms with Crippen molar-refractivity contribution in [3.05, 3.63) is 59.4 Å². The summed E-state index contributed by atoms with van der Waals surface area (Å²) >= 11 is 0. The number of hydrogen-bond acceptors (Lipinski definition) is 4. The number of nitrogens with zero attached hydrogens (tertiary/aromatic N) is 1. The molecule has 0 radical (unpaired) electrons. The van der Waals surface area contributed by atoms with Crippen molar-refractivity contribution in [3.8, 4) is 0 Å². The van der Waals surface area contributed by atoms with E-state index in [1.165, 1.54) is 12.1 Å². The normalized spacial score (nSPS) is 18.9. The van der Waals surface area contributed by atoms with Gasteiger partial charge in [0.2, 0.25) is 0 Å². The number of rotatable bonds is 4. The van der Waals surface area contributed by atoms with Crippen LogP contribution in [-0.2, 0) is 22.0 Å². The van der Waals surface area contributed by atoms with Crippen molar-refractivity contribution in [3.63, 3.8) is 0 Å². The fourth-order valence-corrected chi connectivity index (χ4v) is 5.09. The number of sulfonamides is 1. The highest BCUT2D eigenvalue weighted by atomic mass is 35.5. The third-order valence-corrected chi connectivity index (χ3v) is 7.03. The maximum absolute atomic E-state index is 13.2. The monoisotopic (exact) mass is 468 g/mol. The highest BCUT2D eigenvalue weighted by molar-refractivity contribution is 7.92. The number of halogens is 5. The number of benzene rings is 2. The molecular weight excluding hydrogens is 448 g/mol. The van der Waals surface area contributed by atoms with E-state index in [4.69, 9.17) is 5.73 Å². The fraction of sp³-hybridized carbons (Fsp3) is 0.368. The molecule has 0 spiro atoms. The highest BCUT2D eigenvalue weighted by Gasteiger charge is 2.51. The molecule has 11 heteroatoms. The second kappa shape index (κ2) is 8.33. The van der Waals surface area contributed by atoms with E-state index in [1.54, 1.807) is 0 Å². The third-order valence-electron chi connectivity index (χ3n) is 5.15. The van der Waals surface area contributed by atoms with Crippen molar-refractivity contribution in [2.24, 2.45) is 5.73 Å². The molecule has 3 N–H and O–H groups in total. The topological polar surface area (TPSA) is 83.6 Å². The van der Waals surface area contributed by atoms with Crippen LogP contribution in [0.15, 0.2) is 47.4 Å². The Hall–Kier alpha value is -1.88. The van der Waals surface area contributed by atoms with Crippen LogP contribution in [0.5, 0.6) is 0 Å². The summed E-state index contributed by atoms with van der Waals surface area (Å²) in [6.45, 7) is 0.648. The number of anilines is 1. The van der Waals surface area contributed by atoms with Gasteiger partial charge in [-0.05, 0) is 61.2 Å². The molecule has 1 aliphatic rings. The molecule has 30 heavy (non-hydrogen) atoms. The molecule has 166 valence electrons. The van der Waals surface area contributed by atoms with Gasteiger partial charge in [0.15, 0.2) is 5.60 Å². The Morgan fingerprint density at radius 3 is 2.30 bits per heavy atom. The minimum absolute atomic E-state index is 0. The summed E-state index contributed by atoms with van der Waals surface area (Å²) in [6.07, 6.45) is -4.30. The van der Waals surface area contributed by atoms with Gasteiger partial charge in [-0.15, -0.1) is 12.4 Å². The maximum Gasteiger partial charge on any atom is 0.421 e. The van der Waals surface area contributed by atoms with Gasteiger partial charge < -0.3 is 10.8 Å². The predicted molar refractivity (Wildman–Crippen MR) is 107 cm³/mol. The minimum atomic E-state index is -4.89. The van der Waals surface area contributed by atoms with Crippen molar-refractivity contribution >= 4 is 28.1 Å². The second-order valence-electron chi connectivity index (χ2n) is 7.10. The van der Waals surface area contributed by atoms with Gasteiger partial charge in [-0.1, -0.05) is 12.1 Å². The van der Waals surface area contributed by atoms with Crippen molar-refractivity contribution in [1.29, 1.82) is 0 Å². The van der Waals surface area contributed by atoms with E-state index < -0.39 is 33.7 Å². The van der Waals surface area contributed by atoms with Crippen molar-refractivity contribution in [1.82, 2.24) is 0 Å². The van der Waals surface area contributed by atoms with Crippen LogP contribution in [0.1, 0.15) is 24.5 Å². The van der Waals surface area contributed by atoms with Gasteiger partial charge in [0, 0.05) is 6.54 Å². The molecule has 5 nitrogen and oxygen atoms in total. The largest absolute Gasteiger partial charge is 0.421 e. The van der Waals surface area contributed by atoms with E-state index in [9.17, 15) is 31.1 Å². The molecule has 1 unspecified atom stereocenters. The van der Waals surface area contributed by atoms with Crippen LogP contribution < -0.4 is 10.0 Å². The smallest absolute Gasteiger partial charge is 0.376 e. The van der Waals surface area contributed by atoms with Gasteiger partial charge >= 0.3 is 6.18 Å². The van der Waals surface area contributed by atoms with Crippen LogP contribution in [0.25, 0.3) is 0 Å². The van der Waals surface area contributed by atoms with Gasteiger partial charge in [0.25, 0.3) is 10.0 Å². The molecule has 0 fully saturated rings. The number of hydrogen-bond donors (Lipinski definition) is 2. The summed E-state index contributed by atoms with van der Waals surface area (Å²) < 4.78 is 80.2. The predicted octanol–water partition coefficient (Wildman–Crippen LogP) is 3.49. The second-order valence-corrected chi connectivity index (χ2v) is 8.91. The molecule has 0 aromatic heterocycles. The van der Waals surface area contributed by atoms with Crippen molar-refractivity contribution < 1.29 is 31.1 Å². The molecule has 2 atom stereocenters. The lowest BCUT2D eigenvalue weighted by atomic mass is 9.89. The molecule has 0 aliphatic carbocycles. The Kier molecular flexibility index (Phi) is 6.78. The molecule has 1 aliphatic heterocycles. The van der Waals surface area contributed by atoms with Gasteiger partial charge in [-0.25, -0.2) is 12.8 Å². The average Bonchev–Trinajstić information content (AvgIpc) is 2.65. The molecule has 0 bridgehead atoms. The van der Waals surface area contributed by atoms with Gasteiger partial charge in [-0.2, -0.15) is 13.2 Å². The number of aliphatic hydroxyl groups is 1. The highest BCUT2D eigenvalue weighted by Crippen LogP contribution is 2.42. The molecule has 0 saturated carbocycles. The van der Waals surface area contributed by atoms with Crippen LogP contribution in [0.4, 0.5) is 23.2 Å². The van der Waals surface area contributed by atoms with Crippen LogP contribution >= 0.6 is 12.4 Å². The first kappa shape index (κ1) is 24.4. The van der Waals surface area contributed by atoms with Crippen LogP contribution in [-0.4, -0.2) is 32.3 Å². The lowest BCUT2D eigenvalue weighted by Crippen LogP contribution is -2.47. The van der Waals surface area contributed by atoms with Crippen LogP contribution in [0.2, 0.25) is 0 Å². The molecule has 0 amide bonds. The van der Waals surface area contributed by atoms with E-state index in [-0.39, 0.29) is 35.1 Å². The van der Waals surface area contributed by atoms with E-state index in [0.29, 0.717) is 25.3 Å². The quantitative estimate of drug-likeness (QED) is 0.673. The fourth-order valence-electron chi connectivity index (χ4n) is 3.36.